The normalized spacial score (nSPS) is 22.5. The SMILES string of the molecule is CNCCC1CCCCN1CCOCCO. The second-order valence-corrected chi connectivity index (χ2v) is 4.41. The zero-order chi connectivity index (χ0) is 11.6. The van der Waals surface area contributed by atoms with Gasteiger partial charge < -0.3 is 15.2 Å². The Morgan fingerprint density at radius 1 is 1.38 bits per heavy atom. The van der Waals surface area contributed by atoms with Crippen LogP contribution in [0.25, 0.3) is 0 Å². The number of ether oxygens (including phenoxy) is 1. The van der Waals surface area contributed by atoms with Gasteiger partial charge in [0.2, 0.25) is 0 Å². The van der Waals surface area contributed by atoms with E-state index in [9.17, 15) is 0 Å². The Kier molecular flexibility index (Phi) is 7.76. The van der Waals surface area contributed by atoms with E-state index in [-0.39, 0.29) is 6.61 Å². The van der Waals surface area contributed by atoms with Crippen molar-refractivity contribution in [3.8, 4) is 0 Å². The number of hydrogen-bond acceptors (Lipinski definition) is 4. The predicted molar refractivity (Wildman–Crippen MR) is 65.7 cm³/mol. The van der Waals surface area contributed by atoms with E-state index in [4.69, 9.17) is 9.84 Å². The first-order chi connectivity index (χ1) is 7.88. The Labute approximate surface area is 99.0 Å². The van der Waals surface area contributed by atoms with Crippen LogP contribution in [-0.4, -0.2) is 62.6 Å². The summed E-state index contributed by atoms with van der Waals surface area (Å²) in [5, 5.41) is 11.8. The Balaban J connectivity index is 2.18. The van der Waals surface area contributed by atoms with Crippen LogP contribution in [0.3, 0.4) is 0 Å². The van der Waals surface area contributed by atoms with Gasteiger partial charge in [0, 0.05) is 12.6 Å². The molecule has 4 heteroatoms. The van der Waals surface area contributed by atoms with Crippen molar-refractivity contribution in [2.75, 3.05) is 46.5 Å². The van der Waals surface area contributed by atoms with E-state index in [2.05, 4.69) is 10.2 Å². The molecule has 16 heavy (non-hydrogen) atoms. The maximum Gasteiger partial charge on any atom is 0.0698 e. The molecule has 0 aliphatic carbocycles. The first-order valence-corrected chi connectivity index (χ1v) is 6.45. The summed E-state index contributed by atoms with van der Waals surface area (Å²) in [5.74, 6) is 0. The van der Waals surface area contributed by atoms with Gasteiger partial charge in [0.15, 0.2) is 0 Å². The number of hydrogen-bond donors (Lipinski definition) is 2. The lowest BCUT2D eigenvalue weighted by molar-refractivity contribution is 0.0518. The highest BCUT2D eigenvalue weighted by Gasteiger charge is 2.21. The number of nitrogens with one attached hydrogen (secondary N) is 1. The van der Waals surface area contributed by atoms with Crippen molar-refractivity contribution < 1.29 is 9.84 Å². The summed E-state index contributed by atoms with van der Waals surface area (Å²) in [5.41, 5.74) is 0. The fraction of sp³-hybridized carbons (Fsp3) is 1.00. The average molecular weight is 230 g/mol. The van der Waals surface area contributed by atoms with E-state index in [1.54, 1.807) is 0 Å². The molecular weight excluding hydrogens is 204 g/mol. The zero-order valence-corrected chi connectivity index (χ0v) is 10.5. The van der Waals surface area contributed by atoms with Crippen LogP contribution in [-0.2, 0) is 4.74 Å². The minimum atomic E-state index is 0.128. The van der Waals surface area contributed by atoms with Gasteiger partial charge in [-0.15, -0.1) is 0 Å². The van der Waals surface area contributed by atoms with Crippen LogP contribution in [0.15, 0.2) is 0 Å². The zero-order valence-electron chi connectivity index (χ0n) is 10.5. The van der Waals surface area contributed by atoms with E-state index in [0.29, 0.717) is 6.61 Å². The Morgan fingerprint density at radius 3 is 3.00 bits per heavy atom. The quantitative estimate of drug-likeness (QED) is 0.595. The molecule has 1 fully saturated rings. The number of nitrogens with zero attached hydrogens (tertiary/aromatic N) is 1. The van der Waals surface area contributed by atoms with Gasteiger partial charge in [-0.2, -0.15) is 0 Å². The second kappa shape index (κ2) is 8.93. The maximum atomic E-state index is 8.62. The van der Waals surface area contributed by atoms with Crippen LogP contribution in [0.1, 0.15) is 25.7 Å². The fourth-order valence-corrected chi connectivity index (χ4v) is 2.34. The standard InChI is InChI=1S/C12H26N2O2/c1-13-6-5-12-4-2-3-7-14(12)8-10-16-11-9-15/h12-13,15H,2-11H2,1H3. The Bertz CT molecular complexity index is 167. The topological polar surface area (TPSA) is 44.7 Å². The van der Waals surface area contributed by atoms with Gasteiger partial charge in [-0.25, -0.2) is 0 Å². The van der Waals surface area contributed by atoms with Crippen LogP contribution in [0, 0.1) is 0 Å². The van der Waals surface area contributed by atoms with Crippen LogP contribution >= 0.6 is 0 Å². The number of likely N-dealkylation sites (tertiary alicyclic amines) is 1. The van der Waals surface area contributed by atoms with Crippen molar-refractivity contribution in [1.82, 2.24) is 10.2 Å². The lowest BCUT2D eigenvalue weighted by Gasteiger charge is -2.35. The van der Waals surface area contributed by atoms with Gasteiger partial charge in [0.25, 0.3) is 0 Å². The molecule has 0 amide bonds. The molecule has 0 aromatic rings. The molecule has 0 bridgehead atoms. The maximum absolute atomic E-state index is 8.62. The van der Waals surface area contributed by atoms with Crippen LogP contribution in [0.4, 0.5) is 0 Å². The molecular formula is C12H26N2O2. The van der Waals surface area contributed by atoms with Crippen molar-refractivity contribution in [3.63, 3.8) is 0 Å². The first-order valence-electron chi connectivity index (χ1n) is 6.45. The van der Waals surface area contributed by atoms with Crippen molar-refractivity contribution >= 4 is 0 Å². The highest BCUT2D eigenvalue weighted by molar-refractivity contribution is 4.77. The molecule has 1 heterocycles. The third-order valence-corrected chi connectivity index (χ3v) is 3.24. The largest absolute Gasteiger partial charge is 0.394 e. The van der Waals surface area contributed by atoms with Gasteiger partial charge >= 0.3 is 0 Å². The lowest BCUT2D eigenvalue weighted by atomic mass is 9.99. The molecule has 1 rings (SSSR count). The number of aliphatic hydroxyl groups excluding tert-OH is 1. The molecule has 0 aromatic heterocycles. The number of rotatable bonds is 8. The highest BCUT2D eigenvalue weighted by Crippen LogP contribution is 2.18. The number of piperidine rings is 1. The molecule has 1 unspecified atom stereocenters. The minimum Gasteiger partial charge on any atom is -0.394 e. The molecule has 0 radical (unpaired) electrons. The van der Waals surface area contributed by atoms with Crippen LogP contribution in [0.2, 0.25) is 0 Å². The van der Waals surface area contributed by atoms with Crippen molar-refractivity contribution in [3.05, 3.63) is 0 Å². The Hall–Kier alpha value is -0.160. The molecule has 0 spiro atoms. The van der Waals surface area contributed by atoms with Gasteiger partial charge in [0.05, 0.1) is 19.8 Å². The van der Waals surface area contributed by atoms with Crippen LogP contribution < -0.4 is 5.32 Å². The fourth-order valence-electron chi connectivity index (χ4n) is 2.34. The van der Waals surface area contributed by atoms with Gasteiger partial charge in [-0.05, 0) is 39.4 Å². The summed E-state index contributed by atoms with van der Waals surface area (Å²) in [4.78, 5) is 2.54. The third kappa shape index (κ3) is 5.25. The molecule has 1 aliphatic heterocycles. The summed E-state index contributed by atoms with van der Waals surface area (Å²) in [6.07, 6.45) is 5.23. The molecule has 0 saturated carbocycles. The Morgan fingerprint density at radius 2 is 2.25 bits per heavy atom. The first kappa shape index (κ1) is 13.9. The second-order valence-electron chi connectivity index (χ2n) is 4.41. The predicted octanol–water partition coefficient (Wildman–Crippen LogP) is 0.459. The van der Waals surface area contributed by atoms with Gasteiger partial charge in [-0.3, -0.25) is 4.90 Å². The third-order valence-electron chi connectivity index (χ3n) is 3.24. The van der Waals surface area contributed by atoms with E-state index < -0.39 is 0 Å². The van der Waals surface area contributed by atoms with Crippen molar-refractivity contribution in [2.24, 2.45) is 0 Å². The molecule has 1 atom stereocenters. The smallest absolute Gasteiger partial charge is 0.0698 e. The molecule has 4 nitrogen and oxygen atoms in total. The number of aliphatic hydroxyl groups is 1. The highest BCUT2D eigenvalue weighted by atomic mass is 16.5. The summed E-state index contributed by atoms with van der Waals surface area (Å²) in [6, 6.07) is 0.721. The average Bonchev–Trinajstić information content (AvgIpc) is 2.33. The molecule has 96 valence electrons. The van der Waals surface area contributed by atoms with E-state index in [1.807, 2.05) is 7.05 Å². The monoisotopic (exact) mass is 230 g/mol. The summed E-state index contributed by atoms with van der Waals surface area (Å²) < 4.78 is 5.33. The van der Waals surface area contributed by atoms with E-state index >= 15 is 0 Å². The molecule has 0 aromatic carbocycles. The molecule has 1 saturated heterocycles. The van der Waals surface area contributed by atoms with Crippen molar-refractivity contribution in [1.29, 1.82) is 0 Å². The van der Waals surface area contributed by atoms with Gasteiger partial charge in [-0.1, -0.05) is 6.42 Å². The minimum absolute atomic E-state index is 0.128. The summed E-state index contributed by atoms with van der Waals surface area (Å²) in [6.45, 7) is 4.65. The van der Waals surface area contributed by atoms with Gasteiger partial charge in [0.1, 0.15) is 0 Å². The lowest BCUT2D eigenvalue weighted by Crippen LogP contribution is -2.42. The van der Waals surface area contributed by atoms with Crippen molar-refractivity contribution in [2.45, 2.75) is 31.7 Å². The molecule has 1 aliphatic rings. The van der Waals surface area contributed by atoms with Crippen LogP contribution in [0.5, 0.6) is 0 Å². The van der Waals surface area contributed by atoms with E-state index in [1.165, 1.54) is 32.2 Å². The van der Waals surface area contributed by atoms with E-state index in [0.717, 1.165) is 25.7 Å². The summed E-state index contributed by atoms with van der Waals surface area (Å²) in [7, 11) is 2.01. The summed E-state index contributed by atoms with van der Waals surface area (Å²) >= 11 is 0. The molecule has 2 N–H and O–H groups in total.